The Morgan fingerprint density at radius 1 is 0.559 bits per heavy atom. The first-order chi connectivity index (χ1) is 42.3. The van der Waals surface area contributed by atoms with Crippen LogP contribution in [0, 0.1) is 12.3 Å². The van der Waals surface area contributed by atoms with Crippen molar-refractivity contribution in [2.45, 2.75) is 242 Å². The SMILES string of the molecule is C#CCCCC(=O)c1cc(C(C)(C)C)c(O)c(C(C)(C)C)c1.CC(C)(C)c1cc(/C=C2\CCOC2=O)cc(C(C)(C)C)c1O.CN1OCC/C(=C\c2cc(C(C)(C)C)c(O)c(C(C)(C)C)c2)C1=O.CON=C1NC(=O)/C(=C/c2cc(C(C)(C)C)c(O)c(C(C)(C)C)c2)S1. The molecule has 15 heteroatoms. The maximum atomic E-state index is 12.4. The Morgan fingerprint density at radius 3 is 1.22 bits per heavy atom. The molecule has 508 valence electrons. The molecule has 0 aromatic heterocycles. The van der Waals surface area contributed by atoms with Crippen molar-refractivity contribution in [3.8, 4) is 35.3 Å². The molecule has 0 aliphatic carbocycles. The molecule has 3 saturated heterocycles. The number of hydrogen-bond donors (Lipinski definition) is 5. The zero-order chi connectivity index (χ0) is 71.1. The lowest BCUT2D eigenvalue weighted by atomic mass is 9.78. The lowest BCUT2D eigenvalue weighted by Crippen LogP contribution is -2.33. The minimum atomic E-state index is -0.234. The molecule has 3 aliphatic rings. The Hall–Kier alpha value is -7.28. The number of rotatable bonds is 8. The Kier molecular flexibility index (Phi) is 25.2. The minimum absolute atomic E-state index is 0.0891. The number of oxime groups is 1. The Morgan fingerprint density at radius 2 is 0.892 bits per heavy atom. The number of phenolic OH excluding ortho intramolecular Hbond substituents is 4. The van der Waals surface area contributed by atoms with Crippen molar-refractivity contribution in [1.29, 1.82) is 0 Å². The largest absolute Gasteiger partial charge is 0.507 e. The Bertz CT molecular complexity index is 3450. The zero-order valence-electron chi connectivity index (χ0n) is 60.8. The molecule has 14 nitrogen and oxygen atoms in total. The van der Waals surface area contributed by atoms with Gasteiger partial charge in [0.15, 0.2) is 5.78 Å². The number of thioether (sulfide) groups is 1. The van der Waals surface area contributed by atoms with Crippen LogP contribution in [-0.4, -0.2) is 81.6 Å². The van der Waals surface area contributed by atoms with Crippen molar-refractivity contribution < 1.29 is 54.0 Å². The lowest BCUT2D eigenvalue weighted by molar-refractivity contribution is -0.180. The number of amidine groups is 1. The quantitative estimate of drug-likeness (QED) is 0.0279. The second kappa shape index (κ2) is 30.0. The number of ketones is 1. The van der Waals surface area contributed by atoms with Crippen LogP contribution >= 0.6 is 11.8 Å². The van der Waals surface area contributed by atoms with Gasteiger partial charge in [-0.25, -0.2) is 9.86 Å². The highest BCUT2D eigenvalue weighted by molar-refractivity contribution is 8.18. The van der Waals surface area contributed by atoms with Crippen LogP contribution < -0.4 is 5.32 Å². The first kappa shape index (κ1) is 78.2. The van der Waals surface area contributed by atoms with E-state index < -0.39 is 0 Å². The summed E-state index contributed by atoms with van der Waals surface area (Å²) in [4.78, 5) is 58.9. The molecule has 0 bridgehead atoms. The molecular weight excluding hydrogens is 1190 g/mol. The van der Waals surface area contributed by atoms with E-state index in [0.717, 1.165) is 66.8 Å². The number of likely N-dealkylation sites (N-methyl/N-ethyl adjacent to an activating group) is 1. The van der Waals surface area contributed by atoms with Crippen molar-refractivity contribution in [2.75, 3.05) is 27.4 Å². The Labute approximate surface area is 561 Å². The third-order valence-electron chi connectivity index (χ3n) is 15.9. The highest BCUT2D eigenvalue weighted by Gasteiger charge is 2.33. The smallest absolute Gasteiger partial charge is 0.334 e. The molecule has 3 fully saturated rings. The zero-order valence-corrected chi connectivity index (χ0v) is 61.6. The van der Waals surface area contributed by atoms with Crippen molar-refractivity contribution in [2.24, 2.45) is 5.16 Å². The van der Waals surface area contributed by atoms with Gasteiger partial charge in [0.2, 0.25) is 5.17 Å². The number of hydroxylamine groups is 2. The van der Waals surface area contributed by atoms with Crippen LogP contribution in [0.1, 0.15) is 270 Å². The summed E-state index contributed by atoms with van der Waals surface area (Å²) in [5.74, 6) is 3.45. The number of unbranched alkanes of at least 4 members (excludes halogenated alkanes) is 1. The monoisotopic (exact) mass is 1300 g/mol. The van der Waals surface area contributed by atoms with E-state index >= 15 is 0 Å². The molecule has 4 aromatic rings. The summed E-state index contributed by atoms with van der Waals surface area (Å²) in [6.45, 7) is 50.6. The van der Waals surface area contributed by atoms with Gasteiger partial charge in [0, 0.05) is 93.9 Å². The van der Waals surface area contributed by atoms with E-state index in [2.05, 4.69) is 141 Å². The van der Waals surface area contributed by atoms with Crippen LogP contribution in [0.5, 0.6) is 23.0 Å². The van der Waals surface area contributed by atoms with Gasteiger partial charge in [-0.15, -0.1) is 12.3 Å². The summed E-state index contributed by atoms with van der Waals surface area (Å²) < 4.78 is 5.00. The number of cyclic esters (lactones) is 1. The van der Waals surface area contributed by atoms with Crippen molar-refractivity contribution in [3.63, 3.8) is 0 Å². The molecule has 0 saturated carbocycles. The fourth-order valence-electron chi connectivity index (χ4n) is 10.6. The van der Waals surface area contributed by atoms with E-state index in [4.69, 9.17) is 20.8 Å². The fourth-order valence-corrected chi connectivity index (χ4v) is 11.4. The molecule has 3 heterocycles. The molecule has 93 heavy (non-hydrogen) atoms. The number of nitrogens with one attached hydrogen (secondary N) is 1. The average molecular weight is 1300 g/mol. The van der Waals surface area contributed by atoms with E-state index in [1.165, 1.54) is 23.9 Å². The van der Waals surface area contributed by atoms with Gasteiger partial charge >= 0.3 is 5.97 Å². The number of carbonyl (C=O) groups is 4. The number of nitrogens with zero attached hydrogens (tertiary/aromatic N) is 2. The molecule has 0 spiro atoms. The number of aromatic hydroxyl groups is 4. The predicted octanol–water partition coefficient (Wildman–Crippen LogP) is 17.6. The standard InChI is InChI=1S/C20H29NO3.C20H28O2.C19H26N2O3S.C19H26O3/c1-19(2,3)15-11-13(12-16(17(15)22)20(4,5)6)10-14-8-9-24-21(7)18(14)23;1-8-9-10-11-17(21)14-12-15(19(2,3)4)18(22)16(13-14)20(5,6)7;1-18(2,3)12-8-11(9-13(15(12)22)19(4,5)6)10-14-16(23)20-17(25-14)21-24-7;1-18(2,3)14-10-12(9-13-7-8-22-17(13)21)11-15(16(14)20)19(4,5)6/h10-12,22H,8-9H2,1-7H3;1,12-13,22H,9-11H2,2-7H3;8-10,22H,1-7H3,(H,20,21,23);9-11,20H,7-8H2,1-6H3/b14-10+;;14-10-;13-9+. The highest BCUT2D eigenvalue weighted by Crippen LogP contribution is 2.45. The molecule has 2 amide bonds. The summed E-state index contributed by atoms with van der Waals surface area (Å²) in [7, 11) is 3.07. The number of terminal acetylenes is 1. The summed E-state index contributed by atoms with van der Waals surface area (Å²) in [6.07, 6.45) is 13.9. The second-order valence-electron chi connectivity index (χ2n) is 32.5. The van der Waals surface area contributed by atoms with Crippen molar-refractivity contribution >= 4 is 58.7 Å². The van der Waals surface area contributed by atoms with Gasteiger partial charge in [-0.2, -0.15) is 0 Å². The van der Waals surface area contributed by atoms with Gasteiger partial charge in [0.25, 0.3) is 11.8 Å². The van der Waals surface area contributed by atoms with Gasteiger partial charge in [0.1, 0.15) is 30.1 Å². The number of benzene rings is 4. The van der Waals surface area contributed by atoms with Gasteiger partial charge in [0.05, 0.1) is 18.1 Å². The fraction of sp³-hybridized carbons (Fsp3) is 0.526. The maximum absolute atomic E-state index is 12.4. The Balaban J connectivity index is 0.000000265. The maximum Gasteiger partial charge on any atom is 0.334 e. The molecule has 3 aliphatic heterocycles. The number of carbonyl (C=O) groups excluding carboxylic acids is 4. The van der Waals surface area contributed by atoms with E-state index in [1.807, 2.05) is 108 Å². The molecule has 0 radical (unpaired) electrons. The first-order valence-electron chi connectivity index (χ1n) is 32.1. The van der Waals surface area contributed by atoms with Crippen LogP contribution in [0.25, 0.3) is 18.2 Å². The third-order valence-corrected chi connectivity index (χ3v) is 16.8. The number of esters is 1. The second-order valence-corrected chi connectivity index (χ2v) is 33.6. The van der Waals surface area contributed by atoms with Crippen LogP contribution in [0.3, 0.4) is 0 Å². The number of Topliss-reactive ketones (excluding diaryl/α,β-unsaturated/α-hetero) is 1. The molecule has 0 unspecified atom stereocenters. The van der Waals surface area contributed by atoms with Crippen molar-refractivity contribution in [3.05, 3.63) is 131 Å². The van der Waals surface area contributed by atoms with Crippen molar-refractivity contribution in [1.82, 2.24) is 10.4 Å². The van der Waals surface area contributed by atoms with Gasteiger partial charge in [-0.05, 0) is 145 Å². The highest BCUT2D eigenvalue weighted by atomic mass is 32.2. The van der Waals surface area contributed by atoms with Gasteiger partial charge in [-0.3, -0.25) is 24.5 Å². The lowest BCUT2D eigenvalue weighted by Gasteiger charge is -2.28. The predicted molar refractivity (Wildman–Crippen MR) is 382 cm³/mol. The van der Waals surface area contributed by atoms with Crippen LogP contribution in [0.2, 0.25) is 0 Å². The number of ether oxygens (including phenoxy) is 1. The minimum Gasteiger partial charge on any atom is -0.507 e. The summed E-state index contributed by atoms with van der Waals surface area (Å²) in [5.41, 5.74) is 10.2. The summed E-state index contributed by atoms with van der Waals surface area (Å²) >= 11 is 1.23. The topological polar surface area (TPSA) is 205 Å². The normalized spacial score (nSPS) is 16.9. The van der Waals surface area contributed by atoms with Crippen LogP contribution in [0.15, 0.2) is 69.7 Å². The van der Waals surface area contributed by atoms with E-state index in [9.17, 15) is 39.6 Å². The van der Waals surface area contributed by atoms with Crippen LogP contribution in [-0.2, 0) is 72.1 Å². The third kappa shape index (κ3) is 21.4. The van der Waals surface area contributed by atoms with Gasteiger partial charge < -0.3 is 30.0 Å². The summed E-state index contributed by atoms with van der Waals surface area (Å²) in [6, 6.07) is 15.5. The van der Waals surface area contributed by atoms with Crippen LogP contribution in [0.4, 0.5) is 0 Å². The number of hydrogen-bond acceptors (Lipinski definition) is 13. The molecule has 0 atom stereocenters. The molecule has 4 aromatic carbocycles. The van der Waals surface area contributed by atoms with E-state index in [0.29, 0.717) is 89.5 Å². The number of amides is 2. The number of phenols is 4. The van der Waals surface area contributed by atoms with E-state index in [1.54, 1.807) is 7.05 Å². The molecule has 5 N–H and O–H groups in total. The van der Waals surface area contributed by atoms with E-state index in [-0.39, 0.29) is 66.9 Å². The average Bonchev–Trinajstić information content (AvgIpc) is 1.02. The molecular formula is C78H109N3O11S. The first-order valence-corrected chi connectivity index (χ1v) is 32.9. The summed E-state index contributed by atoms with van der Waals surface area (Å²) in [5, 5.41) is 51.0. The van der Waals surface area contributed by atoms with Gasteiger partial charge in [-0.1, -0.05) is 171 Å². The molecule has 7 rings (SSSR count).